The highest BCUT2D eigenvalue weighted by Gasteiger charge is 1.95. The van der Waals surface area contributed by atoms with Gasteiger partial charge in [0.25, 0.3) is 0 Å². The molecule has 0 aliphatic rings. The van der Waals surface area contributed by atoms with Crippen LogP contribution < -0.4 is 0 Å². The molecular weight excluding hydrogens is 292 g/mol. The maximum absolute atomic E-state index is 5.63. The van der Waals surface area contributed by atoms with Gasteiger partial charge in [0.05, 0.1) is 6.61 Å². The number of methoxy groups -OCH3 is 1. The third-order valence-electron chi connectivity index (χ3n) is 3.28. The van der Waals surface area contributed by atoms with Crippen molar-refractivity contribution < 1.29 is 18.9 Å². The molecule has 0 saturated carbocycles. The van der Waals surface area contributed by atoms with Crippen LogP contribution in [0.4, 0.5) is 0 Å². The first-order chi connectivity index (χ1) is 11.4. The summed E-state index contributed by atoms with van der Waals surface area (Å²) in [6.07, 6.45) is 4.64. The van der Waals surface area contributed by atoms with Crippen molar-refractivity contribution in [3.8, 4) is 0 Å². The second-order valence-corrected chi connectivity index (χ2v) is 5.28. The quantitative estimate of drug-likeness (QED) is 0.461. The minimum atomic E-state index is 0.646. The SMILES string of the molecule is C=Cc1ccc(COCCCOCCCOCCCOC)cc1. The summed E-state index contributed by atoms with van der Waals surface area (Å²) in [6.45, 7) is 8.85. The summed E-state index contributed by atoms with van der Waals surface area (Å²) in [7, 11) is 1.70. The normalized spacial score (nSPS) is 10.8. The van der Waals surface area contributed by atoms with Crippen LogP contribution in [0.25, 0.3) is 6.08 Å². The number of rotatable bonds is 15. The molecule has 1 aromatic carbocycles. The van der Waals surface area contributed by atoms with Crippen molar-refractivity contribution in [1.29, 1.82) is 0 Å². The molecule has 0 heterocycles. The van der Waals surface area contributed by atoms with Gasteiger partial charge >= 0.3 is 0 Å². The Labute approximate surface area is 140 Å². The van der Waals surface area contributed by atoms with Gasteiger partial charge in [0.15, 0.2) is 0 Å². The molecule has 0 atom stereocenters. The van der Waals surface area contributed by atoms with E-state index in [1.165, 1.54) is 5.56 Å². The molecule has 0 fully saturated rings. The third kappa shape index (κ3) is 11.0. The fourth-order valence-corrected chi connectivity index (χ4v) is 1.98. The molecular formula is C19H30O4. The van der Waals surface area contributed by atoms with E-state index in [9.17, 15) is 0 Å². The molecule has 4 heteroatoms. The Kier molecular flexibility index (Phi) is 12.4. The summed E-state index contributed by atoms with van der Waals surface area (Å²) in [4.78, 5) is 0. The van der Waals surface area contributed by atoms with Gasteiger partial charge in [-0.05, 0) is 30.4 Å². The first kappa shape index (κ1) is 19.8. The van der Waals surface area contributed by atoms with E-state index in [2.05, 4.69) is 18.7 Å². The van der Waals surface area contributed by atoms with Gasteiger partial charge in [-0.3, -0.25) is 0 Å². The van der Waals surface area contributed by atoms with E-state index in [4.69, 9.17) is 18.9 Å². The summed E-state index contributed by atoms with van der Waals surface area (Å²) in [5.41, 5.74) is 2.31. The second-order valence-electron chi connectivity index (χ2n) is 5.28. The van der Waals surface area contributed by atoms with E-state index in [0.29, 0.717) is 6.61 Å². The Bertz CT molecular complexity index is 389. The number of hydrogen-bond acceptors (Lipinski definition) is 4. The summed E-state index contributed by atoms with van der Waals surface area (Å²) < 4.78 is 21.6. The average Bonchev–Trinajstić information content (AvgIpc) is 2.59. The molecule has 1 rings (SSSR count). The van der Waals surface area contributed by atoms with Crippen molar-refractivity contribution in [3.05, 3.63) is 42.0 Å². The number of benzene rings is 1. The Balaban J connectivity index is 1.83. The van der Waals surface area contributed by atoms with Gasteiger partial charge in [0.2, 0.25) is 0 Å². The van der Waals surface area contributed by atoms with Crippen molar-refractivity contribution in [2.75, 3.05) is 46.8 Å². The molecule has 130 valence electrons. The molecule has 0 aliphatic heterocycles. The van der Waals surface area contributed by atoms with Crippen molar-refractivity contribution in [3.63, 3.8) is 0 Å². The average molecular weight is 322 g/mol. The molecule has 4 nitrogen and oxygen atoms in total. The fourth-order valence-electron chi connectivity index (χ4n) is 1.98. The molecule has 0 aromatic heterocycles. The smallest absolute Gasteiger partial charge is 0.0716 e. The van der Waals surface area contributed by atoms with Crippen LogP contribution in [0.5, 0.6) is 0 Å². The molecule has 0 unspecified atom stereocenters. The molecule has 0 N–H and O–H groups in total. The second kappa shape index (κ2) is 14.4. The maximum atomic E-state index is 5.63. The van der Waals surface area contributed by atoms with Crippen molar-refractivity contribution in [1.82, 2.24) is 0 Å². The fraction of sp³-hybridized carbons (Fsp3) is 0.579. The van der Waals surface area contributed by atoms with Crippen LogP contribution in [0.3, 0.4) is 0 Å². The predicted octanol–water partition coefficient (Wildman–Crippen LogP) is 3.70. The maximum Gasteiger partial charge on any atom is 0.0716 e. The van der Waals surface area contributed by atoms with Gasteiger partial charge in [-0.15, -0.1) is 0 Å². The summed E-state index contributed by atoms with van der Waals surface area (Å²) in [5, 5.41) is 0. The Hall–Kier alpha value is -1.20. The van der Waals surface area contributed by atoms with Crippen LogP contribution in [-0.2, 0) is 25.6 Å². The lowest BCUT2D eigenvalue weighted by Gasteiger charge is -2.07. The first-order valence-corrected chi connectivity index (χ1v) is 8.30. The highest BCUT2D eigenvalue weighted by atomic mass is 16.5. The van der Waals surface area contributed by atoms with Gasteiger partial charge < -0.3 is 18.9 Å². The van der Waals surface area contributed by atoms with Gasteiger partial charge in [0.1, 0.15) is 0 Å². The lowest BCUT2D eigenvalue weighted by atomic mass is 10.1. The van der Waals surface area contributed by atoms with Crippen molar-refractivity contribution >= 4 is 6.08 Å². The monoisotopic (exact) mass is 322 g/mol. The van der Waals surface area contributed by atoms with E-state index in [1.54, 1.807) is 7.11 Å². The van der Waals surface area contributed by atoms with Crippen LogP contribution >= 0.6 is 0 Å². The number of hydrogen-bond donors (Lipinski definition) is 0. The van der Waals surface area contributed by atoms with Crippen LogP contribution in [0.1, 0.15) is 30.4 Å². The molecule has 1 aromatic rings. The van der Waals surface area contributed by atoms with Crippen molar-refractivity contribution in [2.45, 2.75) is 25.9 Å². The molecule has 0 radical (unpaired) electrons. The summed E-state index contributed by atoms with van der Waals surface area (Å²) >= 11 is 0. The number of ether oxygens (including phenoxy) is 4. The van der Waals surface area contributed by atoms with Gasteiger partial charge in [-0.25, -0.2) is 0 Å². The van der Waals surface area contributed by atoms with Crippen molar-refractivity contribution in [2.24, 2.45) is 0 Å². The van der Waals surface area contributed by atoms with E-state index in [1.807, 2.05) is 18.2 Å². The van der Waals surface area contributed by atoms with Gasteiger partial charge in [-0.2, -0.15) is 0 Å². The molecule has 23 heavy (non-hydrogen) atoms. The highest BCUT2D eigenvalue weighted by molar-refractivity contribution is 5.47. The van der Waals surface area contributed by atoms with Crippen LogP contribution in [-0.4, -0.2) is 46.8 Å². The minimum Gasteiger partial charge on any atom is -0.385 e. The largest absolute Gasteiger partial charge is 0.385 e. The van der Waals surface area contributed by atoms with E-state index < -0.39 is 0 Å². The lowest BCUT2D eigenvalue weighted by Crippen LogP contribution is -2.06. The van der Waals surface area contributed by atoms with E-state index in [0.717, 1.165) is 64.5 Å². The zero-order valence-corrected chi connectivity index (χ0v) is 14.3. The summed E-state index contributed by atoms with van der Waals surface area (Å²) in [5.74, 6) is 0. The molecule has 0 saturated heterocycles. The highest BCUT2D eigenvalue weighted by Crippen LogP contribution is 2.06. The van der Waals surface area contributed by atoms with Crippen LogP contribution in [0.15, 0.2) is 30.8 Å². The molecule has 0 amide bonds. The minimum absolute atomic E-state index is 0.646. The van der Waals surface area contributed by atoms with E-state index >= 15 is 0 Å². The zero-order chi connectivity index (χ0) is 16.6. The lowest BCUT2D eigenvalue weighted by molar-refractivity contribution is 0.0554. The third-order valence-corrected chi connectivity index (χ3v) is 3.28. The van der Waals surface area contributed by atoms with Gasteiger partial charge in [0, 0.05) is 46.8 Å². The standard InChI is InChI=1S/C19H30O4/c1-3-18-7-9-19(10-8-18)17-23-16-6-15-22-14-5-13-21-12-4-11-20-2/h3,7-10H,1,4-6,11-17H2,2H3. The first-order valence-electron chi connectivity index (χ1n) is 8.30. The Morgan fingerprint density at radius 1 is 0.783 bits per heavy atom. The Morgan fingerprint density at radius 2 is 1.30 bits per heavy atom. The summed E-state index contributed by atoms with van der Waals surface area (Å²) in [6, 6.07) is 8.23. The van der Waals surface area contributed by atoms with Gasteiger partial charge in [-0.1, -0.05) is 36.9 Å². The Morgan fingerprint density at radius 3 is 1.83 bits per heavy atom. The zero-order valence-electron chi connectivity index (χ0n) is 14.3. The topological polar surface area (TPSA) is 36.9 Å². The van der Waals surface area contributed by atoms with E-state index in [-0.39, 0.29) is 0 Å². The molecule has 0 spiro atoms. The van der Waals surface area contributed by atoms with Crippen LogP contribution in [0, 0.1) is 0 Å². The molecule has 0 aliphatic carbocycles. The molecule has 0 bridgehead atoms. The van der Waals surface area contributed by atoms with Crippen LogP contribution in [0.2, 0.25) is 0 Å². The predicted molar refractivity (Wildman–Crippen MR) is 93.6 cm³/mol.